The Morgan fingerprint density at radius 1 is 1.28 bits per heavy atom. The Morgan fingerprint density at radius 3 is 2.67 bits per heavy atom. The van der Waals surface area contributed by atoms with Crippen molar-refractivity contribution in [3.05, 3.63) is 17.0 Å². The van der Waals surface area contributed by atoms with Gasteiger partial charge in [0.25, 0.3) is 10.0 Å². The normalized spacial score (nSPS) is 18.1. The molecule has 102 valence electrons. The molecule has 1 N–H and O–H groups in total. The Balaban J connectivity index is 2.11. The number of hydrogen-bond acceptors (Lipinski definition) is 4. The van der Waals surface area contributed by atoms with E-state index in [-0.39, 0.29) is 0 Å². The summed E-state index contributed by atoms with van der Waals surface area (Å²) in [5.74, 6) is 0. The van der Waals surface area contributed by atoms with Gasteiger partial charge in [-0.25, -0.2) is 8.42 Å². The summed E-state index contributed by atoms with van der Waals surface area (Å²) < 4.78 is 26.9. The molecule has 0 unspecified atom stereocenters. The fourth-order valence-electron chi connectivity index (χ4n) is 2.07. The molecule has 1 aromatic rings. The van der Waals surface area contributed by atoms with Crippen molar-refractivity contribution in [3.8, 4) is 0 Å². The summed E-state index contributed by atoms with van der Waals surface area (Å²) in [5, 5.41) is 3.21. The number of nitrogens with one attached hydrogen (secondary N) is 1. The lowest BCUT2D eigenvalue weighted by Crippen LogP contribution is -2.35. The smallest absolute Gasteiger partial charge is 0.252 e. The van der Waals surface area contributed by atoms with E-state index >= 15 is 0 Å². The molecule has 0 radical (unpaired) electrons. The summed E-state index contributed by atoms with van der Waals surface area (Å²) in [5.41, 5.74) is 0. The van der Waals surface area contributed by atoms with E-state index in [1.54, 1.807) is 10.4 Å². The van der Waals surface area contributed by atoms with Gasteiger partial charge in [-0.3, -0.25) is 0 Å². The van der Waals surface area contributed by atoms with Gasteiger partial charge in [0.2, 0.25) is 0 Å². The summed E-state index contributed by atoms with van der Waals surface area (Å²) in [6.07, 6.45) is 3.10. The van der Waals surface area contributed by atoms with Crippen molar-refractivity contribution in [1.82, 2.24) is 9.62 Å². The zero-order valence-electron chi connectivity index (χ0n) is 10.7. The number of sulfonamides is 1. The Labute approximate surface area is 113 Å². The Morgan fingerprint density at radius 2 is 2.00 bits per heavy atom. The average molecular weight is 288 g/mol. The molecule has 1 aliphatic heterocycles. The van der Waals surface area contributed by atoms with Gasteiger partial charge in [-0.1, -0.05) is 13.3 Å². The molecule has 6 heteroatoms. The highest BCUT2D eigenvalue weighted by atomic mass is 32.2. The fourth-order valence-corrected chi connectivity index (χ4v) is 5.07. The summed E-state index contributed by atoms with van der Waals surface area (Å²) in [6.45, 7) is 5.02. The molecular formula is C12H20N2O2S2. The molecule has 1 aromatic heterocycles. The van der Waals surface area contributed by atoms with Gasteiger partial charge in [0, 0.05) is 24.5 Å². The zero-order valence-corrected chi connectivity index (χ0v) is 12.3. The minimum absolute atomic E-state index is 0.484. The maximum atomic E-state index is 12.4. The van der Waals surface area contributed by atoms with Gasteiger partial charge < -0.3 is 5.32 Å². The van der Waals surface area contributed by atoms with E-state index in [0.717, 1.165) is 37.2 Å². The number of piperidine rings is 1. The van der Waals surface area contributed by atoms with Crippen LogP contribution in [0.25, 0.3) is 0 Å². The number of hydrogen-bond donors (Lipinski definition) is 1. The lowest BCUT2D eigenvalue weighted by atomic mass is 10.2. The third-order valence-corrected chi connectivity index (χ3v) is 6.55. The van der Waals surface area contributed by atoms with Gasteiger partial charge in [0.1, 0.15) is 4.21 Å². The van der Waals surface area contributed by atoms with Crippen LogP contribution in [0.1, 0.15) is 31.1 Å². The average Bonchev–Trinajstić information content (AvgIpc) is 2.87. The second kappa shape index (κ2) is 6.14. The first-order valence-corrected chi connectivity index (χ1v) is 8.70. The lowest BCUT2D eigenvalue weighted by Gasteiger charge is -2.25. The van der Waals surface area contributed by atoms with Crippen LogP contribution >= 0.6 is 11.3 Å². The van der Waals surface area contributed by atoms with Crippen LogP contribution in [0.2, 0.25) is 0 Å². The van der Waals surface area contributed by atoms with E-state index in [0.29, 0.717) is 17.3 Å². The van der Waals surface area contributed by atoms with Crippen molar-refractivity contribution in [2.24, 2.45) is 0 Å². The maximum Gasteiger partial charge on any atom is 0.252 e. The quantitative estimate of drug-likeness (QED) is 0.902. The lowest BCUT2D eigenvalue weighted by molar-refractivity contribution is 0.347. The van der Waals surface area contributed by atoms with Crippen LogP contribution in [0.4, 0.5) is 0 Å². The molecule has 4 nitrogen and oxygen atoms in total. The van der Waals surface area contributed by atoms with Crippen molar-refractivity contribution in [3.63, 3.8) is 0 Å². The van der Waals surface area contributed by atoms with Gasteiger partial charge >= 0.3 is 0 Å². The van der Waals surface area contributed by atoms with Crippen molar-refractivity contribution < 1.29 is 8.42 Å². The molecule has 1 fully saturated rings. The van der Waals surface area contributed by atoms with E-state index in [9.17, 15) is 8.42 Å². The topological polar surface area (TPSA) is 49.4 Å². The molecule has 0 atom stereocenters. The van der Waals surface area contributed by atoms with Gasteiger partial charge in [-0.05, 0) is 31.5 Å². The molecule has 0 bridgehead atoms. The molecule has 1 saturated heterocycles. The summed E-state index contributed by atoms with van der Waals surface area (Å²) >= 11 is 1.38. The molecule has 0 spiro atoms. The first kappa shape index (κ1) is 14.0. The molecule has 18 heavy (non-hydrogen) atoms. The molecular weight excluding hydrogens is 268 g/mol. The van der Waals surface area contributed by atoms with Crippen LogP contribution in [0.5, 0.6) is 0 Å². The van der Waals surface area contributed by atoms with Crippen molar-refractivity contribution in [1.29, 1.82) is 0 Å². The van der Waals surface area contributed by atoms with Crippen LogP contribution in [-0.4, -0.2) is 32.4 Å². The summed E-state index contributed by atoms with van der Waals surface area (Å²) in [7, 11) is -3.24. The number of thiophene rings is 1. The largest absolute Gasteiger partial charge is 0.312 e. The number of rotatable bonds is 5. The second-order valence-corrected chi connectivity index (χ2v) is 7.80. The summed E-state index contributed by atoms with van der Waals surface area (Å²) in [4.78, 5) is 1.08. The third kappa shape index (κ3) is 3.12. The first-order chi connectivity index (χ1) is 8.64. The van der Waals surface area contributed by atoms with E-state index < -0.39 is 10.0 Å². The zero-order chi connectivity index (χ0) is 13.0. The molecule has 2 rings (SSSR count). The van der Waals surface area contributed by atoms with Crippen LogP contribution < -0.4 is 5.32 Å². The van der Waals surface area contributed by atoms with Crippen molar-refractivity contribution in [2.75, 3.05) is 19.6 Å². The number of nitrogens with zero attached hydrogens (tertiary/aromatic N) is 1. The Hall–Kier alpha value is -0.430. The van der Waals surface area contributed by atoms with Gasteiger partial charge in [-0.15, -0.1) is 11.3 Å². The molecule has 0 saturated carbocycles. The van der Waals surface area contributed by atoms with Crippen LogP contribution in [0.3, 0.4) is 0 Å². The third-order valence-electron chi connectivity index (χ3n) is 3.10. The standard InChI is InChI=1S/C12H20N2O2S2/c1-2-13-10-11-6-7-12(17-11)18(15,16)14-8-4-3-5-9-14/h6-7,13H,2-5,8-10H2,1H3. The Bertz CT molecular complexity index is 476. The van der Waals surface area contributed by atoms with Crippen LogP contribution in [0, 0.1) is 0 Å². The van der Waals surface area contributed by atoms with E-state index in [1.165, 1.54) is 11.3 Å². The van der Waals surface area contributed by atoms with E-state index in [4.69, 9.17) is 0 Å². The van der Waals surface area contributed by atoms with Crippen molar-refractivity contribution in [2.45, 2.75) is 36.9 Å². The highest BCUT2D eigenvalue weighted by Gasteiger charge is 2.27. The highest BCUT2D eigenvalue weighted by Crippen LogP contribution is 2.26. The predicted molar refractivity (Wildman–Crippen MR) is 74.3 cm³/mol. The molecule has 2 heterocycles. The predicted octanol–water partition coefficient (Wildman–Crippen LogP) is 2.03. The summed E-state index contributed by atoms with van der Waals surface area (Å²) in [6, 6.07) is 3.64. The van der Waals surface area contributed by atoms with Gasteiger partial charge in [-0.2, -0.15) is 4.31 Å². The minimum Gasteiger partial charge on any atom is -0.312 e. The molecule has 0 aromatic carbocycles. The highest BCUT2D eigenvalue weighted by molar-refractivity contribution is 7.91. The van der Waals surface area contributed by atoms with Gasteiger partial charge in [0.15, 0.2) is 0 Å². The molecule has 0 aliphatic carbocycles. The van der Waals surface area contributed by atoms with E-state index in [2.05, 4.69) is 5.32 Å². The molecule has 0 amide bonds. The minimum atomic E-state index is -3.24. The molecule has 1 aliphatic rings. The van der Waals surface area contributed by atoms with Crippen molar-refractivity contribution >= 4 is 21.4 Å². The Kier molecular flexibility index (Phi) is 4.77. The van der Waals surface area contributed by atoms with Crippen LogP contribution in [-0.2, 0) is 16.6 Å². The van der Waals surface area contributed by atoms with Crippen LogP contribution in [0.15, 0.2) is 16.3 Å². The second-order valence-electron chi connectivity index (χ2n) is 4.47. The SMILES string of the molecule is CCNCc1ccc(S(=O)(=O)N2CCCCC2)s1. The first-order valence-electron chi connectivity index (χ1n) is 6.44. The monoisotopic (exact) mass is 288 g/mol. The fraction of sp³-hybridized carbons (Fsp3) is 0.667. The maximum absolute atomic E-state index is 12.4. The van der Waals surface area contributed by atoms with E-state index in [1.807, 2.05) is 13.0 Å². The van der Waals surface area contributed by atoms with Gasteiger partial charge in [0.05, 0.1) is 0 Å².